The van der Waals surface area contributed by atoms with Crippen LogP contribution in [-0.2, 0) is 5.41 Å². The van der Waals surface area contributed by atoms with Gasteiger partial charge < -0.3 is 10.6 Å². The van der Waals surface area contributed by atoms with Crippen LogP contribution in [0.15, 0.2) is 53.5 Å². The highest BCUT2D eigenvalue weighted by Crippen LogP contribution is 2.48. The molecule has 0 fully saturated rings. The molecule has 2 aromatic carbocycles. The second-order valence-electron chi connectivity index (χ2n) is 6.79. The number of nitrogens with zero attached hydrogens (tertiary/aromatic N) is 4. The van der Waals surface area contributed by atoms with E-state index in [1.54, 1.807) is 6.19 Å². The van der Waals surface area contributed by atoms with Gasteiger partial charge in [-0.25, -0.2) is 0 Å². The second-order valence-corrected chi connectivity index (χ2v) is 6.79. The normalized spacial score (nSPS) is 18.1. The molecule has 2 N–H and O–H groups in total. The summed E-state index contributed by atoms with van der Waals surface area (Å²) in [6, 6.07) is 17.6. The van der Waals surface area contributed by atoms with E-state index in [2.05, 4.69) is 24.9 Å². The van der Waals surface area contributed by atoms with Crippen molar-refractivity contribution in [3.63, 3.8) is 0 Å². The number of fused-ring (bicyclic) bond motifs is 1. The molecule has 5 heteroatoms. The van der Waals surface area contributed by atoms with Gasteiger partial charge in [-0.3, -0.25) is 0 Å². The van der Waals surface area contributed by atoms with Crippen LogP contribution in [-0.4, -0.2) is 5.96 Å². The number of guanidine groups is 1. The maximum atomic E-state index is 9.28. The zero-order valence-electron chi connectivity index (χ0n) is 14.3. The molecular weight excluding hydrogens is 310 g/mol. The first-order chi connectivity index (χ1) is 12.0. The van der Waals surface area contributed by atoms with Crippen LogP contribution in [0, 0.1) is 22.8 Å². The van der Waals surface area contributed by atoms with E-state index >= 15 is 0 Å². The highest BCUT2D eigenvalue weighted by atomic mass is 15.3. The molecule has 0 amide bonds. The first-order valence-electron chi connectivity index (χ1n) is 8.09. The highest BCUT2D eigenvalue weighted by molar-refractivity contribution is 5.96. The van der Waals surface area contributed by atoms with Crippen molar-refractivity contribution in [1.82, 2.24) is 0 Å². The minimum atomic E-state index is -0.0854. The molecule has 0 aromatic heterocycles. The van der Waals surface area contributed by atoms with Crippen LogP contribution in [0.3, 0.4) is 0 Å². The summed E-state index contributed by atoms with van der Waals surface area (Å²) in [4.78, 5) is 5.66. The number of aliphatic imine (C=N–C) groups is 1. The zero-order chi connectivity index (χ0) is 18.0. The second kappa shape index (κ2) is 6.30. The van der Waals surface area contributed by atoms with Crippen molar-refractivity contribution in [2.24, 2.45) is 10.7 Å². The number of anilines is 1. The van der Waals surface area contributed by atoms with E-state index in [-0.39, 0.29) is 17.4 Å². The Morgan fingerprint density at radius 2 is 1.92 bits per heavy atom. The predicted molar refractivity (Wildman–Crippen MR) is 97.7 cm³/mol. The van der Waals surface area contributed by atoms with Gasteiger partial charge in [0.2, 0.25) is 12.2 Å². The molecule has 124 valence electrons. The monoisotopic (exact) mass is 329 g/mol. The largest absolute Gasteiger partial charge is 0.369 e. The molecule has 0 bridgehead atoms. The van der Waals surface area contributed by atoms with Crippen molar-refractivity contribution >= 4 is 11.6 Å². The van der Waals surface area contributed by atoms with Gasteiger partial charge in [0, 0.05) is 5.69 Å². The van der Waals surface area contributed by atoms with Crippen LogP contribution < -0.4 is 10.6 Å². The molecule has 25 heavy (non-hydrogen) atoms. The Bertz CT molecular complexity index is 900. The van der Waals surface area contributed by atoms with E-state index in [1.807, 2.05) is 53.4 Å². The van der Waals surface area contributed by atoms with E-state index in [9.17, 15) is 5.26 Å². The van der Waals surface area contributed by atoms with E-state index in [0.717, 1.165) is 17.7 Å². The summed E-state index contributed by atoms with van der Waals surface area (Å²) in [5, 5.41) is 18.2. The number of rotatable bonds is 2. The summed E-state index contributed by atoms with van der Waals surface area (Å²) in [5.74, 6) is 0.157. The number of benzene rings is 2. The average Bonchev–Trinajstić information content (AvgIpc) is 2.87. The van der Waals surface area contributed by atoms with Crippen LogP contribution in [0.4, 0.5) is 5.69 Å². The summed E-state index contributed by atoms with van der Waals surface area (Å²) in [6.45, 7) is 4.36. The van der Waals surface area contributed by atoms with Crippen LogP contribution in [0.5, 0.6) is 0 Å². The quantitative estimate of drug-likeness (QED) is 0.518. The van der Waals surface area contributed by atoms with Gasteiger partial charge in [-0.15, -0.1) is 4.99 Å². The number of para-hydroxylation sites is 1. The molecular formula is C20H19N5. The van der Waals surface area contributed by atoms with Gasteiger partial charge in [0.15, 0.2) is 0 Å². The van der Waals surface area contributed by atoms with Gasteiger partial charge >= 0.3 is 0 Å². The Morgan fingerprint density at radius 3 is 2.56 bits per heavy atom. The summed E-state index contributed by atoms with van der Waals surface area (Å²) in [5.41, 5.74) is 9.83. The minimum absolute atomic E-state index is 0.0616. The van der Waals surface area contributed by atoms with Gasteiger partial charge in [0.25, 0.3) is 0 Å². The first-order valence-corrected chi connectivity index (χ1v) is 8.09. The van der Waals surface area contributed by atoms with Crippen molar-refractivity contribution in [3.8, 4) is 12.3 Å². The minimum Gasteiger partial charge on any atom is -0.369 e. The Labute approximate surface area is 147 Å². The van der Waals surface area contributed by atoms with Gasteiger partial charge in [-0.2, -0.15) is 10.5 Å². The lowest BCUT2D eigenvalue weighted by Gasteiger charge is -2.31. The molecule has 0 heterocycles. The summed E-state index contributed by atoms with van der Waals surface area (Å²) >= 11 is 0. The lowest BCUT2D eigenvalue weighted by atomic mass is 9.86. The zero-order valence-corrected chi connectivity index (χ0v) is 14.3. The van der Waals surface area contributed by atoms with E-state index in [1.165, 1.54) is 5.56 Å². The smallest absolute Gasteiger partial charge is 0.212 e. The fraction of sp³-hybridized carbons (Fsp3) is 0.250. The fourth-order valence-corrected chi connectivity index (χ4v) is 3.62. The molecule has 0 aliphatic heterocycles. The molecule has 1 unspecified atom stereocenters. The van der Waals surface area contributed by atoms with Crippen molar-refractivity contribution in [1.29, 1.82) is 10.5 Å². The Kier molecular flexibility index (Phi) is 4.17. The lowest BCUT2D eigenvalue weighted by molar-refractivity contribution is 0.480. The molecule has 0 radical (unpaired) electrons. The molecule has 1 atom stereocenters. The lowest BCUT2D eigenvalue weighted by Crippen LogP contribution is -2.40. The highest BCUT2D eigenvalue weighted by Gasteiger charge is 2.41. The molecule has 0 spiro atoms. The summed E-state index contributed by atoms with van der Waals surface area (Å²) in [6.07, 6.45) is 2.59. The third kappa shape index (κ3) is 2.93. The van der Waals surface area contributed by atoms with Gasteiger partial charge in [-0.1, -0.05) is 38.1 Å². The summed E-state index contributed by atoms with van der Waals surface area (Å²) in [7, 11) is 0. The van der Waals surface area contributed by atoms with Gasteiger partial charge in [0.1, 0.15) is 0 Å². The number of nitrogens with two attached hydrogens (primary N) is 1. The standard InChI is InChI=1S/C20H19N5/c1-20(2)11-18(16-10-14(12-21)8-9-17(16)20)25(19(23)24-13-22)15-6-4-3-5-7-15/h3-10,18H,11H2,1-2H3,(H2,23,24). The summed E-state index contributed by atoms with van der Waals surface area (Å²) < 4.78 is 0. The molecule has 5 nitrogen and oxygen atoms in total. The SMILES string of the molecule is CC1(C)CC(N(/C(N)=N/C#N)c2ccccc2)c2cc(C#N)ccc21. The van der Waals surface area contributed by atoms with Crippen molar-refractivity contribution < 1.29 is 0 Å². The van der Waals surface area contributed by atoms with E-state index in [0.29, 0.717) is 5.56 Å². The number of nitriles is 2. The Hall–Kier alpha value is -3.31. The van der Waals surface area contributed by atoms with Crippen LogP contribution in [0.25, 0.3) is 0 Å². The molecule has 0 saturated heterocycles. The maximum absolute atomic E-state index is 9.28. The van der Waals surface area contributed by atoms with Crippen LogP contribution in [0.2, 0.25) is 0 Å². The van der Waals surface area contributed by atoms with E-state index < -0.39 is 0 Å². The van der Waals surface area contributed by atoms with Crippen molar-refractivity contribution in [2.45, 2.75) is 31.7 Å². The van der Waals surface area contributed by atoms with Crippen molar-refractivity contribution in [2.75, 3.05) is 4.90 Å². The third-order valence-electron chi connectivity index (χ3n) is 4.73. The predicted octanol–water partition coefficient (Wildman–Crippen LogP) is 3.58. The maximum Gasteiger partial charge on any atom is 0.212 e. The topological polar surface area (TPSA) is 89.2 Å². The van der Waals surface area contributed by atoms with Crippen LogP contribution in [0.1, 0.15) is 43.0 Å². The Morgan fingerprint density at radius 1 is 1.20 bits per heavy atom. The van der Waals surface area contributed by atoms with Crippen molar-refractivity contribution in [3.05, 3.63) is 65.2 Å². The fourth-order valence-electron chi connectivity index (χ4n) is 3.62. The molecule has 0 saturated carbocycles. The van der Waals surface area contributed by atoms with Crippen LogP contribution >= 0.6 is 0 Å². The molecule has 3 rings (SSSR count). The Balaban J connectivity index is 2.18. The average molecular weight is 329 g/mol. The van der Waals surface area contributed by atoms with Gasteiger partial charge in [-0.05, 0) is 47.2 Å². The molecule has 1 aliphatic rings. The number of hydrogen-bond acceptors (Lipinski definition) is 3. The first kappa shape index (κ1) is 16.5. The third-order valence-corrected chi connectivity index (χ3v) is 4.73. The molecule has 2 aromatic rings. The molecule has 1 aliphatic carbocycles. The van der Waals surface area contributed by atoms with Gasteiger partial charge in [0.05, 0.1) is 17.7 Å². The van der Waals surface area contributed by atoms with E-state index in [4.69, 9.17) is 11.0 Å². The number of hydrogen-bond donors (Lipinski definition) is 1.